The molecule has 0 aliphatic carbocycles. The molecule has 3 rings (SSSR count). The number of fused-ring (bicyclic) bond motifs is 1. The molecule has 0 amide bonds. The smallest absolute Gasteiger partial charge is 0.0998 e. The minimum Gasteiger partial charge on any atom is -0.270 e. The number of aromatic nitrogens is 2. The molecule has 0 radical (unpaired) electrons. The number of nitrogens with one attached hydrogen (secondary N) is 1. The zero-order valence-corrected chi connectivity index (χ0v) is 11.7. The summed E-state index contributed by atoms with van der Waals surface area (Å²) in [5.41, 5.74) is 4.98. The Labute approximate surface area is 115 Å². The fourth-order valence-corrected chi connectivity index (χ4v) is 3.30. The first-order valence-electron chi connectivity index (χ1n) is 6.15. The van der Waals surface area contributed by atoms with Crippen molar-refractivity contribution in [2.24, 2.45) is 12.9 Å². The lowest BCUT2D eigenvalue weighted by Crippen LogP contribution is -2.28. The number of thiophene rings is 1. The summed E-state index contributed by atoms with van der Waals surface area (Å²) in [5, 5.41) is 5.77. The van der Waals surface area contributed by atoms with E-state index >= 15 is 0 Å². The molecule has 0 aliphatic heterocycles. The van der Waals surface area contributed by atoms with Crippen LogP contribution >= 0.6 is 11.3 Å². The standard InChI is InChI=1S/C14H16N4S/c1-9-7-8-12(19-9)14(16-15)13-10-5-3-4-6-11(10)18(2)17-13/h3-8,14,16H,15H2,1-2H3. The second-order valence-corrected chi connectivity index (χ2v) is 5.89. The monoisotopic (exact) mass is 272 g/mol. The van der Waals surface area contributed by atoms with E-state index in [9.17, 15) is 0 Å². The van der Waals surface area contributed by atoms with Gasteiger partial charge in [-0.05, 0) is 25.1 Å². The number of aryl methyl sites for hydroxylation is 2. The van der Waals surface area contributed by atoms with Crippen LogP contribution in [0.25, 0.3) is 10.9 Å². The van der Waals surface area contributed by atoms with Crippen LogP contribution in [-0.2, 0) is 7.05 Å². The van der Waals surface area contributed by atoms with Crippen LogP contribution in [0.5, 0.6) is 0 Å². The average Bonchev–Trinajstić information content (AvgIpc) is 2.97. The number of hydrogen-bond donors (Lipinski definition) is 2. The predicted octanol–water partition coefficient (Wildman–Crippen LogP) is 2.50. The molecule has 1 aromatic carbocycles. The quantitative estimate of drug-likeness (QED) is 0.569. The number of nitrogens with two attached hydrogens (primary N) is 1. The summed E-state index contributed by atoms with van der Waals surface area (Å²) in [4.78, 5) is 2.46. The van der Waals surface area contributed by atoms with E-state index in [1.807, 2.05) is 23.9 Å². The molecule has 1 atom stereocenters. The summed E-state index contributed by atoms with van der Waals surface area (Å²) < 4.78 is 1.90. The van der Waals surface area contributed by atoms with Gasteiger partial charge in [0.05, 0.1) is 17.3 Å². The number of rotatable bonds is 3. The van der Waals surface area contributed by atoms with Gasteiger partial charge < -0.3 is 0 Å². The van der Waals surface area contributed by atoms with Gasteiger partial charge in [-0.3, -0.25) is 10.5 Å². The summed E-state index contributed by atoms with van der Waals surface area (Å²) in [7, 11) is 1.96. The molecule has 4 nitrogen and oxygen atoms in total. The molecule has 2 heterocycles. The number of benzene rings is 1. The third kappa shape index (κ3) is 2.06. The minimum absolute atomic E-state index is 0.0650. The van der Waals surface area contributed by atoms with Gasteiger partial charge in [0.15, 0.2) is 0 Å². The van der Waals surface area contributed by atoms with Gasteiger partial charge >= 0.3 is 0 Å². The molecule has 2 aromatic heterocycles. The number of hydrazine groups is 1. The van der Waals surface area contributed by atoms with E-state index < -0.39 is 0 Å². The second kappa shape index (κ2) is 4.77. The Morgan fingerprint density at radius 2 is 2.05 bits per heavy atom. The van der Waals surface area contributed by atoms with E-state index in [0.29, 0.717) is 0 Å². The molecule has 0 saturated carbocycles. The Kier molecular flexibility index (Phi) is 3.10. The molecule has 0 bridgehead atoms. The van der Waals surface area contributed by atoms with Crippen molar-refractivity contribution in [3.63, 3.8) is 0 Å². The van der Waals surface area contributed by atoms with Gasteiger partial charge in [0, 0.05) is 22.2 Å². The molecule has 0 aliphatic rings. The van der Waals surface area contributed by atoms with Gasteiger partial charge in [-0.25, -0.2) is 5.43 Å². The third-order valence-electron chi connectivity index (χ3n) is 3.27. The molecule has 0 spiro atoms. The summed E-state index contributed by atoms with van der Waals surface area (Å²) in [6, 6.07) is 12.4. The first kappa shape index (κ1) is 12.3. The third-order valence-corrected chi connectivity index (χ3v) is 4.34. The molecule has 1 unspecified atom stereocenters. The Bertz CT molecular complexity index is 713. The first-order chi connectivity index (χ1) is 9.20. The molecule has 98 valence electrons. The Balaban J connectivity index is 2.16. The van der Waals surface area contributed by atoms with Crippen molar-refractivity contribution in [2.45, 2.75) is 13.0 Å². The van der Waals surface area contributed by atoms with Gasteiger partial charge in [-0.1, -0.05) is 18.2 Å². The van der Waals surface area contributed by atoms with Crippen molar-refractivity contribution in [3.8, 4) is 0 Å². The number of nitrogens with zero attached hydrogens (tertiary/aromatic N) is 2. The Morgan fingerprint density at radius 1 is 1.26 bits per heavy atom. The molecule has 0 saturated heterocycles. The number of hydrogen-bond acceptors (Lipinski definition) is 4. The van der Waals surface area contributed by atoms with Crippen molar-refractivity contribution < 1.29 is 0 Å². The van der Waals surface area contributed by atoms with E-state index in [-0.39, 0.29) is 6.04 Å². The van der Waals surface area contributed by atoms with E-state index in [1.54, 1.807) is 11.3 Å². The molecular weight excluding hydrogens is 256 g/mol. The van der Waals surface area contributed by atoms with Crippen molar-refractivity contribution in [1.29, 1.82) is 0 Å². The lowest BCUT2D eigenvalue weighted by molar-refractivity contribution is 0.616. The fourth-order valence-electron chi connectivity index (χ4n) is 2.36. The van der Waals surface area contributed by atoms with Crippen LogP contribution in [0.4, 0.5) is 0 Å². The van der Waals surface area contributed by atoms with Crippen LogP contribution in [0.15, 0.2) is 36.4 Å². The maximum Gasteiger partial charge on any atom is 0.0998 e. The predicted molar refractivity (Wildman–Crippen MR) is 78.9 cm³/mol. The Hall–Kier alpha value is -1.69. The first-order valence-corrected chi connectivity index (χ1v) is 6.96. The van der Waals surface area contributed by atoms with Crippen molar-refractivity contribution >= 4 is 22.2 Å². The van der Waals surface area contributed by atoms with E-state index in [1.165, 1.54) is 9.75 Å². The second-order valence-electron chi connectivity index (χ2n) is 4.57. The van der Waals surface area contributed by atoms with Crippen LogP contribution in [0.1, 0.15) is 21.5 Å². The zero-order valence-electron chi connectivity index (χ0n) is 10.9. The van der Waals surface area contributed by atoms with Gasteiger partial charge in [-0.2, -0.15) is 5.10 Å². The van der Waals surface area contributed by atoms with E-state index in [0.717, 1.165) is 16.6 Å². The zero-order chi connectivity index (χ0) is 13.4. The maximum absolute atomic E-state index is 5.75. The topological polar surface area (TPSA) is 55.9 Å². The minimum atomic E-state index is -0.0650. The Morgan fingerprint density at radius 3 is 2.74 bits per heavy atom. The van der Waals surface area contributed by atoms with Crippen LogP contribution < -0.4 is 11.3 Å². The van der Waals surface area contributed by atoms with Gasteiger partial charge in [0.2, 0.25) is 0 Å². The van der Waals surface area contributed by atoms with Gasteiger partial charge in [-0.15, -0.1) is 11.3 Å². The number of para-hydroxylation sites is 1. The summed E-state index contributed by atoms with van der Waals surface area (Å²) in [6.45, 7) is 2.10. The van der Waals surface area contributed by atoms with Crippen molar-refractivity contribution in [1.82, 2.24) is 15.2 Å². The average molecular weight is 272 g/mol. The largest absolute Gasteiger partial charge is 0.270 e. The fraction of sp³-hybridized carbons (Fsp3) is 0.214. The highest BCUT2D eigenvalue weighted by molar-refractivity contribution is 7.12. The van der Waals surface area contributed by atoms with Crippen molar-refractivity contribution in [2.75, 3.05) is 0 Å². The van der Waals surface area contributed by atoms with Gasteiger partial charge in [0.25, 0.3) is 0 Å². The lowest BCUT2D eigenvalue weighted by Gasteiger charge is -2.11. The molecule has 0 fully saturated rings. The molecule has 3 aromatic rings. The van der Waals surface area contributed by atoms with Crippen molar-refractivity contribution in [3.05, 3.63) is 51.8 Å². The van der Waals surface area contributed by atoms with E-state index in [4.69, 9.17) is 5.84 Å². The highest BCUT2D eigenvalue weighted by Gasteiger charge is 2.20. The van der Waals surface area contributed by atoms with Gasteiger partial charge in [0.1, 0.15) is 0 Å². The SMILES string of the molecule is Cc1ccc(C(NN)c2nn(C)c3ccccc23)s1. The molecular formula is C14H16N4S. The van der Waals surface area contributed by atoms with Crippen LogP contribution in [0.2, 0.25) is 0 Å². The normalized spacial score (nSPS) is 13.0. The van der Waals surface area contributed by atoms with Crippen LogP contribution in [0.3, 0.4) is 0 Å². The van der Waals surface area contributed by atoms with E-state index in [2.05, 4.69) is 41.7 Å². The molecule has 5 heteroatoms. The summed E-state index contributed by atoms with van der Waals surface area (Å²) >= 11 is 1.74. The molecule has 19 heavy (non-hydrogen) atoms. The highest BCUT2D eigenvalue weighted by atomic mass is 32.1. The summed E-state index contributed by atoms with van der Waals surface area (Å²) in [6.07, 6.45) is 0. The van der Waals surface area contributed by atoms with Crippen LogP contribution in [0, 0.1) is 6.92 Å². The maximum atomic E-state index is 5.75. The summed E-state index contributed by atoms with van der Waals surface area (Å²) in [5.74, 6) is 5.75. The van der Waals surface area contributed by atoms with Crippen LogP contribution in [-0.4, -0.2) is 9.78 Å². The lowest BCUT2D eigenvalue weighted by atomic mass is 10.1. The molecule has 3 N–H and O–H groups in total. The highest BCUT2D eigenvalue weighted by Crippen LogP contribution is 2.31.